The molecule has 2 heterocycles. The van der Waals surface area contributed by atoms with Crippen LogP contribution in [0.4, 0.5) is 0 Å². The zero-order valence-corrected chi connectivity index (χ0v) is 16.1. The number of sulfonamides is 1. The Bertz CT molecular complexity index is 1020. The van der Waals surface area contributed by atoms with Gasteiger partial charge in [-0.05, 0) is 30.7 Å². The summed E-state index contributed by atoms with van der Waals surface area (Å²) in [7, 11) is -0.470. The largest absolute Gasteiger partial charge is 0.275 e. The fourth-order valence-corrected chi connectivity index (χ4v) is 4.41. The highest BCUT2D eigenvalue weighted by molar-refractivity contribution is 7.89. The Balaban J connectivity index is 1.94. The maximum absolute atomic E-state index is 13.0. The van der Waals surface area contributed by atoms with Crippen LogP contribution in [0.2, 0.25) is 5.02 Å². The lowest BCUT2D eigenvalue weighted by Crippen LogP contribution is -2.30. The Labute approximate surface area is 157 Å². The average Bonchev–Trinajstić information content (AvgIpc) is 3.07. The molecule has 0 aliphatic rings. The van der Waals surface area contributed by atoms with E-state index in [2.05, 4.69) is 15.1 Å². The zero-order chi connectivity index (χ0) is 18.9. The van der Waals surface area contributed by atoms with Crippen molar-refractivity contribution in [3.05, 3.63) is 59.9 Å². The second-order valence-corrected chi connectivity index (χ2v) is 8.25. The molecule has 7 nitrogen and oxygen atoms in total. The molecular weight excluding hydrogens is 374 g/mol. The Hall–Kier alpha value is -2.29. The molecule has 0 fully saturated rings. The van der Waals surface area contributed by atoms with E-state index in [0.717, 1.165) is 11.1 Å². The molecule has 2 aromatic heterocycles. The molecule has 3 aromatic rings. The van der Waals surface area contributed by atoms with Gasteiger partial charge in [0.25, 0.3) is 0 Å². The molecule has 1 unspecified atom stereocenters. The van der Waals surface area contributed by atoms with Gasteiger partial charge in [-0.3, -0.25) is 4.68 Å². The van der Waals surface area contributed by atoms with Crippen LogP contribution in [0.5, 0.6) is 0 Å². The average molecular weight is 392 g/mol. The third-order valence-corrected chi connectivity index (χ3v) is 6.62. The van der Waals surface area contributed by atoms with Gasteiger partial charge in [0.2, 0.25) is 10.0 Å². The lowest BCUT2D eigenvalue weighted by atomic mass is 10.1. The van der Waals surface area contributed by atoms with Crippen LogP contribution in [-0.4, -0.2) is 39.5 Å². The summed E-state index contributed by atoms with van der Waals surface area (Å²) in [6.07, 6.45) is 6.50. The van der Waals surface area contributed by atoms with Gasteiger partial charge in [-0.1, -0.05) is 17.7 Å². The van der Waals surface area contributed by atoms with Crippen molar-refractivity contribution in [1.29, 1.82) is 0 Å². The van der Waals surface area contributed by atoms with Crippen molar-refractivity contribution in [2.45, 2.75) is 17.9 Å². The molecule has 0 N–H and O–H groups in total. The maximum atomic E-state index is 13.0. The van der Waals surface area contributed by atoms with Gasteiger partial charge in [0.15, 0.2) is 0 Å². The van der Waals surface area contributed by atoms with Crippen LogP contribution >= 0.6 is 11.6 Å². The summed E-state index contributed by atoms with van der Waals surface area (Å²) in [4.78, 5) is 8.03. The van der Waals surface area contributed by atoms with Crippen LogP contribution in [0, 0.1) is 0 Å². The quantitative estimate of drug-likeness (QED) is 0.668. The minimum Gasteiger partial charge on any atom is -0.275 e. The molecule has 0 amide bonds. The van der Waals surface area contributed by atoms with Gasteiger partial charge in [-0.25, -0.2) is 18.4 Å². The summed E-state index contributed by atoms with van der Waals surface area (Å²) in [5.74, 6) is 0. The van der Waals surface area contributed by atoms with Gasteiger partial charge in [0.1, 0.15) is 11.2 Å². The van der Waals surface area contributed by atoms with Crippen molar-refractivity contribution in [2.24, 2.45) is 7.05 Å². The van der Waals surface area contributed by atoms with Crippen molar-refractivity contribution in [2.75, 3.05) is 7.05 Å². The monoisotopic (exact) mass is 391 g/mol. The van der Waals surface area contributed by atoms with Crippen LogP contribution in [0.25, 0.3) is 11.1 Å². The number of halogens is 1. The topological polar surface area (TPSA) is 81.0 Å². The number of aryl methyl sites for hydroxylation is 1. The van der Waals surface area contributed by atoms with Crippen LogP contribution in [0.3, 0.4) is 0 Å². The molecule has 0 saturated carbocycles. The van der Waals surface area contributed by atoms with Gasteiger partial charge in [-0.2, -0.15) is 9.40 Å². The molecule has 0 aliphatic heterocycles. The summed E-state index contributed by atoms with van der Waals surface area (Å²) in [5, 5.41) is 4.27. The number of hydrogen-bond donors (Lipinski definition) is 0. The Morgan fingerprint density at radius 2 is 2.00 bits per heavy atom. The predicted octanol–water partition coefficient (Wildman–Crippen LogP) is 2.91. The molecule has 3 rings (SSSR count). The molecule has 136 valence electrons. The normalized spacial score (nSPS) is 13.1. The van der Waals surface area contributed by atoms with E-state index in [1.54, 1.807) is 42.2 Å². The third kappa shape index (κ3) is 3.48. The highest BCUT2D eigenvalue weighted by atomic mass is 35.5. The van der Waals surface area contributed by atoms with Crippen LogP contribution in [0.1, 0.15) is 18.7 Å². The van der Waals surface area contributed by atoms with E-state index in [-0.39, 0.29) is 9.92 Å². The van der Waals surface area contributed by atoms with E-state index in [1.807, 2.05) is 13.2 Å². The van der Waals surface area contributed by atoms with Crippen molar-refractivity contribution >= 4 is 21.6 Å². The van der Waals surface area contributed by atoms with Crippen molar-refractivity contribution in [1.82, 2.24) is 24.1 Å². The molecule has 0 spiro atoms. The van der Waals surface area contributed by atoms with Crippen LogP contribution < -0.4 is 0 Å². The summed E-state index contributed by atoms with van der Waals surface area (Å²) in [5.41, 5.74) is 2.27. The van der Waals surface area contributed by atoms with E-state index in [1.165, 1.54) is 23.7 Å². The Kier molecular flexibility index (Phi) is 5.08. The van der Waals surface area contributed by atoms with E-state index < -0.39 is 16.1 Å². The zero-order valence-electron chi connectivity index (χ0n) is 14.5. The summed E-state index contributed by atoms with van der Waals surface area (Å²) < 4.78 is 28.9. The third-order valence-electron chi connectivity index (χ3n) is 4.21. The Morgan fingerprint density at radius 3 is 2.58 bits per heavy atom. The van der Waals surface area contributed by atoms with Gasteiger partial charge >= 0.3 is 0 Å². The molecule has 1 atom stereocenters. The fourth-order valence-electron chi connectivity index (χ4n) is 2.56. The predicted molar refractivity (Wildman–Crippen MR) is 99.0 cm³/mol. The molecular formula is C17H18ClN5O2S. The Morgan fingerprint density at radius 1 is 1.23 bits per heavy atom. The van der Waals surface area contributed by atoms with Crippen LogP contribution in [0.15, 0.2) is 54.1 Å². The molecule has 0 radical (unpaired) electrons. The second kappa shape index (κ2) is 7.14. The van der Waals surface area contributed by atoms with Gasteiger partial charge in [-0.15, -0.1) is 0 Å². The van der Waals surface area contributed by atoms with Crippen molar-refractivity contribution < 1.29 is 8.42 Å². The number of nitrogens with zero attached hydrogens (tertiary/aromatic N) is 5. The standard InChI is InChI=1S/C17H18ClN5O2S/c1-12(16-6-7-19-11-20-16)23(3)26(24,25)17-5-4-13(8-15(17)18)14-9-21-22(2)10-14/h4-12H,1-3H3. The molecule has 0 aliphatic carbocycles. The van der Waals surface area contributed by atoms with Crippen LogP contribution in [-0.2, 0) is 17.1 Å². The summed E-state index contributed by atoms with van der Waals surface area (Å²) in [6.45, 7) is 1.76. The van der Waals surface area contributed by atoms with E-state index in [4.69, 9.17) is 11.6 Å². The highest BCUT2D eigenvalue weighted by Gasteiger charge is 2.29. The lowest BCUT2D eigenvalue weighted by Gasteiger charge is -2.24. The van der Waals surface area contributed by atoms with E-state index >= 15 is 0 Å². The maximum Gasteiger partial charge on any atom is 0.244 e. The molecule has 26 heavy (non-hydrogen) atoms. The first-order valence-electron chi connectivity index (χ1n) is 7.83. The van der Waals surface area contributed by atoms with E-state index in [9.17, 15) is 8.42 Å². The van der Waals surface area contributed by atoms with Gasteiger partial charge in [0.05, 0.1) is 23.0 Å². The number of benzene rings is 1. The number of hydrogen-bond acceptors (Lipinski definition) is 5. The fraction of sp³-hybridized carbons (Fsp3) is 0.235. The van der Waals surface area contributed by atoms with Gasteiger partial charge < -0.3 is 0 Å². The first kappa shape index (κ1) is 18.5. The van der Waals surface area contributed by atoms with E-state index in [0.29, 0.717) is 5.69 Å². The number of rotatable bonds is 5. The van der Waals surface area contributed by atoms with Crippen molar-refractivity contribution in [3.8, 4) is 11.1 Å². The molecule has 9 heteroatoms. The van der Waals surface area contributed by atoms with Crippen molar-refractivity contribution in [3.63, 3.8) is 0 Å². The smallest absolute Gasteiger partial charge is 0.244 e. The summed E-state index contributed by atoms with van der Waals surface area (Å²) in [6, 6.07) is 6.10. The lowest BCUT2D eigenvalue weighted by molar-refractivity contribution is 0.391. The second-order valence-electron chi connectivity index (χ2n) is 5.88. The first-order chi connectivity index (χ1) is 12.3. The summed E-state index contributed by atoms with van der Waals surface area (Å²) >= 11 is 6.31. The first-order valence-corrected chi connectivity index (χ1v) is 9.65. The molecule has 1 aromatic carbocycles. The number of aromatic nitrogens is 4. The minimum atomic E-state index is -3.79. The molecule has 0 saturated heterocycles. The minimum absolute atomic E-state index is 0.0511. The SMILES string of the molecule is CC(c1ccncn1)N(C)S(=O)(=O)c1ccc(-c2cnn(C)c2)cc1Cl. The van der Waals surface area contributed by atoms with Gasteiger partial charge in [0, 0.05) is 32.1 Å². The molecule has 0 bridgehead atoms. The highest BCUT2D eigenvalue weighted by Crippen LogP contribution is 2.32.